The Labute approximate surface area is 120 Å². The zero-order chi connectivity index (χ0) is 13.3. The Balaban J connectivity index is 0.00000180. The lowest BCUT2D eigenvalue weighted by atomic mass is 10.1. The van der Waals surface area contributed by atoms with E-state index < -0.39 is 10.0 Å². The van der Waals surface area contributed by atoms with Crippen LogP contribution in [-0.2, 0) is 17.1 Å². The summed E-state index contributed by atoms with van der Waals surface area (Å²) >= 11 is 0. The number of imidazole rings is 1. The third-order valence-electron chi connectivity index (χ3n) is 3.48. The summed E-state index contributed by atoms with van der Waals surface area (Å²) in [6.45, 7) is 2.90. The van der Waals surface area contributed by atoms with Crippen LogP contribution in [0.4, 0.5) is 0 Å². The molecular weight excluding hydrogens is 288 g/mol. The van der Waals surface area contributed by atoms with Crippen LogP contribution in [0.25, 0.3) is 0 Å². The van der Waals surface area contributed by atoms with Gasteiger partial charge in [-0.15, -0.1) is 12.4 Å². The minimum Gasteiger partial charge on any atom is -0.337 e. The van der Waals surface area contributed by atoms with Crippen molar-refractivity contribution in [2.45, 2.75) is 30.8 Å². The molecule has 0 saturated carbocycles. The molecule has 6 nitrogen and oxygen atoms in total. The Kier molecular flexibility index (Phi) is 5.37. The number of nitrogens with zero attached hydrogens (tertiary/aromatic N) is 3. The smallest absolute Gasteiger partial charge is 0.262 e. The first-order valence-electron chi connectivity index (χ1n) is 6.12. The van der Waals surface area contributed by atoms with Crippen molar-refractivity contribution in [2.75, 3.05) is 20.1 Å². The zero-order valence-electron chi connectivity index (χ0n) is 11.5. The van der Waals surface area contributed by atoms with Crippen molar-refractivity contribution in [2.24, 2.45) is 7.05 Å². The number of rotatable bonds is 3. The number of halogens is 1. The lowest BCUT2D eigenvalue weighted by Crippen LogP contribution is -2.46. The quantitative estimate of drug-likeness (QED) is 0.884. The molecule has 0 aliphatic carbocycles. The highest BCUT2D eigenvalue weighted by molar-refractivity contribution is 7.89. The Morgan fingerprint density at radius 3 is 2.68 bits per heavy atom. The molecule has 110 valence electrons. The average Bonchev–Trinajstić information content (AvgIpc) is 2.70. The maximum atomic E-state index is 12.4. The summed E-state index contributed by atoms with van der Waals surface area (Å²) in [5.74, 6) is 0.704. The molecule has 0 aromatic carbocycles. The highest BCUT2D eigenvalue weighted by Gasteiger charge is 2.31. The van der Waals surface area contributed by atoms with E-state index in [0.717, 1.165) is 12.8 Å². The maximum Gasteiger partial charge on any atom is 0.262 e. The van der Waals surface area contributed by atoms with Crippen molar-refractivity contribution in [3.05, 3.63) is 12.0 Å². The van der Waals surface area contributed by atoms with Crippen LogP contribution in [0.5, 0.6) is 0 Å². The summed E-state index contributed by atoms with van der Waals surface area (Å²) in [6, 6.07) is 0.235. The van der Waals surface area contributed by atoms with Gasteiger partial charge >= 0.3 is 0 Å². The summed E-state index contributed by atoms with van der Waals surface area (Å²) in [6.07, 6.45) is 3.48. The highest BCUT2D eigenvalue weighted by atomic mass is 35.5. The second kappa shape index (κ2) is 6.21. The minimum atomic E-state index is -3.45. The Morgan fingerprint density at radius 2 is 2.16 bits per heavy atom. The summed E-state index contributed by atoms with van der Waals surface area (Å²) in [4.78, 5) is 4.12. The predicted molar refractivity (Wildman–Crippen MR) is 76.0 cm³/mol. The zero-order valence-corrected chi connectivity index (χ0v) is 13.1. The van der Waals surface area contributed by atoms with Crippen LogP contribution < -0.4 is 5.32 Å². The fourth-order valence-electron chi connectivity index (χ4n) is 2.18. The molecule has 1 aliphatic rings. The average molecular weight is 309 g/mol. The summed E-state index contributed by atoms with van der Waals surface area (Å²) in [7, 11) is 0.221. The first-order valence-corrected chi connectivity index (χ1v) is 7.56. The Bertz CT molecular complexity index is 509. The van der Waals surface area contributed by atoms with E-state index >= 15 is 0 Å². The standard InChI is InChI=1S/C11H20N4O2S.ClH/c1-9-13-11(8-14(9)3)18(16,17)15-6-4-5-10(7-15)12-2;/h8,10,12H,4-7H2,1-3H3;1H. The van der Waals surface area contributed by atoms with Gasteiger partial charge in [-0.05, 0) is 26.8 Å². The number of hydrogen-bond donors (Lipinski definition) is 1. The largest absolute Gasteiger partial charge is 0.337 e. The molecule has 1 unspecified atom stereocenters. The van der Waals surface area contributed by atoms with Crippen LogP contribution >= 0.6 is 12.4 Å². The van der Waals surface area contributed by atoms with Gasteiger partial charge in [0.05, 0.1) is 0 Å². The van der Waals surface area contributed by atoms with Crippen molar-refractivity contribution in [3.63, 3.8) is 0 Å². The summed E-state index contributed by atoms with van der Waals surface area (Å²) < 4.78 is 28.1. The molecule has 2 heterocycles. The number of likely N-dealkylation sites (N-methyl/N-ethyl adjacent to an activating group) is 1. The van der Waals surface area contributed by atoms with Gasteiger partial charge in [-0.25, -0.2) is 13.4 Å². The number of hydrogen-bond acceptors (Lipinski definition) is 4. The third kappa shape index (κ3) is 3.28. The molecule has 0 radical (unpaired) electrons. The molecule has 1 aromatic rings. The van der Waals surface area contributed by atoms with Crippen LogP contribution in [0.2, 0.25) is 0 Å². The molecule has 1 N–H and O–H groups in total. The van der Waals surface area contributed by atoms with Crippen LogP contribution in [0.1, 0.15) is 18.7 Å². The number of piperidine rings is 1. The van der Waals surface area contributed by atoms with Gasteiger partial charge in [0.1, 0.15) is 5.82 Å². The molecule has 1 fully saturated rings. The van der Waals surface area contributed by atoms with Crippen LogP contribution in [0.15, 0.2) is 11.2 Å². The highest BCUT2D eigenvalue weighted by Crippen LogP contribution is 2.19. The first kappa shape index (κ1) is 16.4. The van der Waals surface area contributed by atoms with Gasteiger partial charge < -0.3 is 9.88 Å². The van der Waals surface area contributed by atoms with Crippen LogP contribution in [0, 0.1) is 6.92 Å². The van der Waals surface area contributed by atoms with Crippen molar-refractivity contribution in [1.82, 2.24) is 19.2 Å². The van der Waals surface area contributed by atoms with Gasteiger partial charge in [-0.1, -0.05) is 0 Å². The van der Waals surface area contributed by atoms with Gasteiger partial charge in [0.25, 0.3) is 10.0 Å². The molecule has 19 heavy (non-hydrogen) atoms. The van der Waals surface area contributed by atoms with E-state index in [1.165, 1.54) is 4.31 Å². The lowest BCUT2D eigenvalue weighted by Gasteiger charge is -2.31. The summed E-state index contributed by atoms with van der Waals surface area (Å²) in [5.41, 5.74) is 0. The molecular formula is C11H21ClN4O2S. The van der Waals surface area contributed by atoms with E-state index in [4.69, 9.17) is 0 Å². The van der Waals surface area contributed by atoms with Gasteiger partial charge in [0.15, 0.2) is 5.03 Å². The fourth-order valence-corrected chi connectivity index (χ4v) is 3.73. The summed E-state index contributed by atoms with van der Waals surface area (Å²) in [5, 5.41) is 3.29. The van der Waals surface area contributed by atoms with Crippen molar-refractivity contribution < 1.29 is 8.42 Å². The fraction of sp³-hybridized carbons (Fsp3) is 0.727. The van der Waals surface area contributed by atoms with E-state index in [9.17, 15) is 8.42 Å². The van der Waals surface area contributed by atoms with Gasteiger partial charge in [-0.3, -0.25) is 0 Å². The number of aromatic nitrogens is 2. The van der Waals surface area contributed by atoms with E-state index in [2.05, 4.69) is 10.3 Å². The van der Waals surface area contributed by atoms with Gasteiger partial charge in [-0.2, -0.15) is 4.31 Å². The van der Waals surface area contributed by atoms with Crippen LogP contribution in [0.3, 0.4) is 0 Å². The predicted octanol–water partition coefficient (Wildman–Crippen LogP) is 0.523. The SMILES string of the molecule is CNC1CCCN(S(=O)(=O)c2cn(C)c(C)n2)C1.Cl. The van der Waals surface area contributed by atoms with Gasteiger partial charge in [0.2, 0.25) is 0 Å². The second-order valence-corrected chi connectivity index (χ2v) is 6.61. The molecule has 0 amide bonds. The third-order valence-corrected chi connectivity index (χ3v) is 5.22. The molecule has 1 aliphatic heterocycles. The van der Waals surface area contributed by atoms with E-state index in [1.807, 2.05) is 7.05 Å². The number of sulfonamides is 1. The van der Waals surface area contributed by atoms with Crippen molar-refractivity contribution in [3.8, 4) is 0 Å². The van der Waals surface area contributed by atoms with E-state index in [0.29, 0.717) is 18.9 Å². The van der Waals surface area contributed by atoms with Crippen molar-refractivity contribution >= 4 is 22.4 Å². The minimum absolute atomic E-state index is 0. The number of nitrogens with one attached hydrogen (secondary N) is 1. The monoisotopic (exact) mass is 308 g/mol. The topological polar surface area (TPSA) is 67.2 Å². The first-order chi connectivity index (χ1) is 8.45. The maximum absolute atomic E-state index is 12.4. The molecule has 1 atom stereocenters. The molecule has 8 heteroatoms. The van der Waals surface area contributed by atoms with Crippen molar-refractivity contribution in [1.29, 1.82) is 0 Å². The lowest BCUT2D eigenvalue weighted by molar-refractivity contribution is 0.292. The van der Waals surface area contributed by atoms with Crippen LogP contribution in [-0.4, -0.2) is 48.5 Å². The molecule has 1 saturated heterocycles. The number of aryl methyl sites for hydroxylation is 2. The normalized spacial score (nSPS) is 21.1. The Morgan fingerprint density at radius 1 is 1.47 bits per heavy atom. The molecule has 0 spiro atoms. The second-order valence-electron chi connectivity index (χ2n) is 4.73. The Hall–Kier alpha value is -0.630. The van der Waals surface area contributed by atoms with E-state index in [-0.39, 0.29) is 23.5 Å². The molecule has 2 rings (SSSR count). The van der Waals surface area contributed by atoms with Gasteiger partial charge in [0, 0.05) is 32.4 Å². The van der Waals surface area contributed by atoms with E-state index in [1.54, 1.807) is 24.7 Å². The molecule has 1 aromatic heterocycles. The molecule has 0 bridgehead atoms.